The Labute approximate surface area is 117 Å². The molecule has 104 valence electrons. The number of Topliss-reactive ketones (excluding diaryl/α,β-unsaturated/α-hetero) is 1. The van der Waals surface area contributed by atoms with E-state index in [-0.39, 0.29) is 18.8 Å². The van der Waals surface area contributed by atoms with Crippen LogP contribution in [-0.2, 0) is 19.1 Å². The number of carbonyl (C=O) groups is 2. The van der Waals surface area contributed by atoms with Crippen LogP contribution in [0.25, 0.3) is 0 Å². The zero-order valence-electron chi connectivity index (χ0n) is 11.3. The van der Waals surface area contributed by atoms with Gasteiger partial charge in [0, 0.05) is 6.42 Å². The quantitative estimate of drug-likeness (QED) is 0.470. The molecule has 0 saturated carbocycles. The van der Waals surface area contributed by atoms with Gasteiger partial charge in [0.15, 0.2) is 5.78 Å². The van der Waals surface area contributed by atoms with Crippen molar-refractivity contribution in [2.75, 3.05) is 6.61 Å². The first-order valence-corrected chi connectivity index (χ1v) is 6.60. The molecule has 1 aromatic carbocycles. The highest BCUT2D eigenvalue weighted by molar-refractivity contribution is 6.11. The van der Waals surface area contributed by atoms with Crippen molar-refractivity contribution in [3.8, 4) is 0 Å². The molecule has 4 heteroatoms. The fraction of sp³-hybridized carbons (Fsp3) is 0.375. The fourth-order valence-electron chi connectivity index (χ4n) is 2.96. The highest BCUT2D eigenvalue weighted by Crippen LogP contribution is 2.51. The Morgan fingerprint density at radius 2 is 2.00 bits per heavy atom. The number of esters is 1. The first kappa shape index (κ1) is 13.1. The van der Waals surface area contributed by atoms with Crippen LogP contribution in [0.15, 0.2) is 43.0 Å². The van der Waals surface area contributed by atoms with Crippen molar-refractivity contribution in [3.63, 3.8) is 0 Å². The van der Waals surface area contributed by atoms with Gasteiger partial charge in [0.25, 0.3) is 0 Å². The third-order valence-corrected chi connectivity index (χ3v) is 4.30. The van der Waals surface area contributed by atoms with Crippen molar-refractivity contribution in [3.05, 3.63) is 48.6 Å². The molecular weight excluding hydrogens is 256 g/mol. The van der Waals surface area contributed by atoms with E-state index in [4.69, 9.17) is 9.47 Å². The second-order valence-corrected chi connectivity index (χ2v) is 5.52. The Morgan fingerprint density at radius 1 is 1.30 bits per heavy atom. The maximum atomic E-state index is 12.5. The summed E-state index contributed by atoms with van der Waals surface area (Å²) in [6.45, 7) is 5.64. The van der Waals surface area contributed by atoms with Gasteiger partial charge < -0.3 is 9.47 Å². The number of carbonyl (C=O) groups excluding carboxylic acids is 2. The molecule has 3 atom stereocenters. The smallest absolute Gasteiger partial charge is 0.347 e. The molecule has 2 heterocycles. The number of benzene rings is 1. The normalized spacial score (nSPS) is 36.4. The van der Waals surface area contributed by atoms with Crippen LogP contribution in [0.3, 0.4) is 0 Å². The Bertz CT molecular complexity index is 579. The summed E-state index contributed by atoms with van der Waals surface area (Å²) in [6, 6.07) is 9.44. The van der Waals surface area contributed by atoms with E-state index in [0.29, 0.717) is 0 Å². The number of hydrogen-bond acceptors (Lipinski definition) is 4. The Morgan fingerprint density at radius 3 is 2.65 bits per heavy atom. The predicted molar refractivity (Wildman–Crippen MR) is 71.9 cm³/mol. The van der Waals surface area contributed by atoms with Gasteiger partial charge in [-0.25, -0.2) is 4.79 Å². The van der Waals surface area contributed by atoms with E-state index in [1.54, 1.807) is 13.0 Å². The molecule has 0 N–H and O–H groups in total. The number of ketones is 1. The largest absolute Gasteiger partial charge is 0.462 e. The molecule has 0 bridgehead atoms. The minimum Gasteiger partial charge on any atom is -0.462 e. The van der Waals surface area contributed by atoms with Crippen LogP contribution in [0, 0.1) is 5.41 Å². The van der Waals surface area contributed by atoms with Gasteiger partial charge in [0.1, 0.15) is 6.61 Å². The van der Waals surface area contributed by atoms with E-state index in [2.05, 4.69) is 6.58 Å². The van der Waals surface area contributed by atoms with Crippen LogP contribution < -0.4 is 0 Å². The highest BCUT2D eigenvalue weighted by atomic mass is 16.6. The third-order valence-electron chi connectivity index (χ3n) is 4.30. The molecule has 1 spiro atoms. The minimum absolute atomic E-state index is 0.128. The van der Waals surface area contributed by atoms with Gasteiger partial charge in [-0.15, -0.1) is 6.58 Å². The maximum Gasteiger partial charge on any atom is 0.347 e. The van der Waals surface area contributed by atoms with Crippen LogP contribution >= 0.6 is 0 Å². The van der Waals surface area contributed by atoms with Crippen molar-refractivity contribution >= 4 is 11.8 Å². The molecule has 20 heavy (non-hydrogen) atoms. The van der Waals surface area contributed by atoms with Gasteiger partial charge >= 0.3 is 5.97 Å². The van der Waals surface area contributed by atoms with Crippen molar-refractivity contribution in [1.29, 1.82) is 0 Å². The zero-order chi connectivity index (χ0) is 14.4. The van der Waals surface area contributed by atoms with Crippen LogP contribution in [0.4, 0.5) is 0 Å². The van der Waals surface area contributed by atoms with Gasteiger partial charge in [0.05, 0.1) is 11.5 Å². The van der Waals surface area contributed by atoms with Gasteiger partial charge in [-0.1, -0.05) is 36.4 Å². The van der Waals surface area contributed by atoms with Crippen LogP contribution in [0.5, 0.6) is 0 Å². The molecular formula is C16H16O4. The van der Waals surface area contributed by atoms with E-state index in [1.165, 1.54) is 0 Å². The average Bonchev–Trinajstić information content (AvgIpc) is 2.95. The Balaban J connectivity index is 2.01. The van der Waals surface area contributed by atoms with E-state index in [1.807, 2.05) is 30.3 Å². The van der Waals surface area contributed by atoms with Gasteiger partial charge in [-0.2, -0.15) is 0 Å². The summed E-state index contributed by atoms with van der Waals surface area (Å²) < 4.78 is 11.0. The summed E-state index contributed by atoms with van der Waals surface area (Å²) >= 11 is 0. The predicted octanol–water partition coefficient (Wildman–Crippen LogP) is 2.21. The summed E-state index contributed by atoms with van der Waals surface area (Å²) in [6.07, 6.45) is 1.36. The fourth-order valence-corrected chi connectivity index (χ4v) is 2.96. The van der Waals surface area contributed by atoms with Crippen LogP contribution in [0.2, 0.25) is 0 Å². The Hall–Kier alpha value is -1.94. The molecule has 0 unspecified atom stereocenters. The molecule has 0 aliphatic carbocycles. The van der Waals surface area contributed by atoms with E-state index in [9.17, 15) is 9.59 Å². The molecule has 0 aromatic heterocycles. The number of cyclic esters (lactones) is 1. The van der Waals surface area contributed by atoms with Gasteiger partial charge in [-0.05, 0) is 12.5 Å². The van der Waals surface area contributed by atoms with Crippen LogP contribution in [-0.4, -0.2) is 24.0 Å². The Kier molecular flexibility index (Phi) is 2.80. The number of rotatable bonds is 2. The highest BCUT2D eigenvalue weighted by Gasteiger charge is 2.68. The van der Waals surface area contributed by atoms with Crippen molar-refractivity contribution in [1.82, 2.24) is 0 Å². The summed E-state index contributed by atoms with van der Waals surface area (Å²) in [5.74, 6) is -0.820. The molecule has 0 amide bonds. The molecule has 2 saturated heterocycles. The first-order chi connectivity index (χ1) is 9.53. The van der Waals surface area contributed by atoms with Gasteiger partial charge in [0.2, 0.25) is 5.60 Å². The summed E-state index contributed by atoms with van der Waals surface area (Å²) in [5, 5.41) is 0. The summed E-state index contributed by atoms with van der Waals surface area (Å²) in [5.41, 5.74) is -1.45. The average molecular weight is 272 g/mol. The molecule has 2 fully saturated rings. The molecule has 2 aliphatic heterocycles. The van der Waals surface area contributed by atoms with E-state index >= 15 is 0 Å². The minimum atomic E-state index is -1.53. The SMILES string of the molecule is C=C[C@@]1(C)COC(=O)[C@]12O[C@H](c1ccccc1)CC2=O. The third kappa shape index (κ3) is 1.51. The number of hydrogen-bond donors (Lipinski definition) is 0. The molecule has 4 nitrogen and oxygen atoms in total. The molecule has 2 aliphatic rings. The maximum absolute atomic E-state index is 12.5. The van der Waals surface area contributed by atoms with Crippen molar-refractivity contribution in [2.45, 2.75) is 25.0 Å². The number of ether oxygens (including phenoxy) is 2. The van der Waals surface area contributed by atoms with Crippen molar-refractivity contribution < 1.29 is 19.1 Å². The summed E-state index contributed by atoms with van der Waals surface area (Å²) in [4.78, 5) is 24.6. The van der Waals surface area contributed by atoms with Gasteiger partial charge in [-0.3, -0.25) is 4.79 Å². The lowest BCUT2D eigenvalue weighted by Gasteiger charge is -2.31. The molecule has 3 rings (SSSR count). The lowest BCUT2D eigenvalue weighted by molar-refractivity contribution is -0.166. The van der Waals surface area contributed by atoms with Crippen LogP contribution in [0.1, 0.15) is 25.0 Å². The second-order valence-electron chi connectivity index (χ2n) is 5.52. The molecule has 0 radical (unpaired) electrons. The standard InChI is InChI=1S/C16H16O4/c1-3-15(2)10-19-14(18)16(15)13(17)9-12(20-16)11-7-5-4-6-8-11/h3-8,12H,1,9-10H2,2H3/t12-,15-,16-/m0/s1. The lowest BCUT2D eigenvalue weighted by Crippen LogP contribution is -2.52. The summed E-state index contributed by atoms with van der Waals surface area (Å²) in [7, 11) is 0. The van der Waals surface area contributed by atoms with E-state index in [0.717, 1.165) is 5.56 Å². The monoisotopic (exact) mass is 272 g/mol. The topological polar surface area (TPSA) is 52.6 Å². The first-order valence-electron chi connectivity index (χ1n) is 6.60. The zero-order valence-corrected chi connectivity index (χ0v) is 11.3. The molecule has 1 aromatic rings. The second kappa shape index (κ2) is 4.28. The lowest BCUT2D eigenvalue weighted by atomic mass is 9.73. The van der Waals surface area contributed by atoms with E-state index < -0.39 is 23.1 Å². The van der Waals surface area contributed by atoms with Crippen molar-refractivity contribution in [2.24, 2.45) is 5.41 Å².